The highest BCUT2D eigenvalue weighted by molar-refractivity contribution is 5.91. The SMILES string of the molecule is COCCOCCC(=O)N[C@@H](C)c1ccc(OC)c(C(=O)O)c1. The highest BCUT2D eigenvalue weighted by Gasteiger charge is 2.15. The molecule has 128 valence electrons. The minimum atomic E-state index is -1.08. The van der Waals surface area contributed by atoms with Gasteiger partial charge in [0.2, 0.25) is 5.91 Å². The largest absolute Gasteiger partial charge is 0.496 e. The van der Waals surface area contributed by atoms with Crippen molar-refractivity contribution in [1.29, 1.82) is 0 Å². The number of hydrogen-bond donors (Lipinski definition) is 2. The van der Waals surface area contributed by atoms with Gasteiger partial charge in [0, 0.05) is 13.5 Å². The summed E-state index contributed by atoms with van der Waals surface area (Å²) in [6, 6.07) is 4.49. The topological polar surface area (TPSA) is 94.1 Å². The smallest absolute Gasteiger partial charge is 0.339 e. The Labute approximate surface area is 135 Å². The second-order valence-corrected chi connectivity index (χ2v) is 4.91. The van der Waals surface area contributed by atoms with Gasteiger partial charge in [-0.25, -0.2) is 4.79 Å². The van der Waals surface area contributed by atoms with E-state index in [2.05, 4.69) is 5.32 Å². The van der Waals surface area contributed by atoms with Gasteiger partial charge in [-0.3, -0.25) is 4.79 Å². The van der Waals surface area contributed by atoms with Gasteiger partial charge in [-0.05, 0) is 24.6 Å². The molecule has 0 aliphatic carbocycles. The van der Waals surface area contributed by atoms with Crippen LogP contribution in [0.2, 0.25) is 0 Å². The van der Waals surface area contributed by atoms with E-state index >= 15 is 0 Å². The third-order valence-corrected chi connectivity index (χ3v) is 3.24. The number of rotatable bonds is 10. The standard InChI is InChI=1S/C16H23NO6/c1-11(17-15(18)6-7-23-9-8-21-2)12-4-5-14(22-3)13(10-12)16(19)20/h4-5,10-11H,6-9H2,1-3H3,(H,17,18)(H,19,20)/t11-/m0/s1. The monoisotopic (exact) mass is 325 g/mol. The summed E-state index contributed by atoms with van der Waals surface area (Å²) in [5, 5.41) is 12.0. The molecule has 1 rings (SSSR count). The number of benzene rings is 1. The van der Waals surface area contributed by atoms with Crippen molar-refractivity contribution in [2.45, 2.75) is 19.4 Å². The lowest BCUT2D eigenvalue weighted by molar-refractivity contribution is -0.122. The summed E-state index contributed by atoms with van der Waals surface area (Å²) in [6.45, 7) is 3.03. The van der Waals surface area contributed by atoms with Gasteiger partial charge in [0.1, 0.15) is 11.3 Å². The quantitative estimate of drug-likeness (QED) is 0.635. The number of carbonyl (C=O) groups excluding carboxylic acids is 1. The van der Waals surface area contributed by atoms with E-state index in [9.17, 15) is 14.7 Å². The molecule has 23 heavy (non-hydrogen) atoms. The van der Waals surface area contributed by atoms with Crippen LogP contribution in [0.15, 0.2) is 18.2 Å². The Kier molecular flexibility index (Phi) is 8.07. The molecule has 0 aliphatic heterocycles. The number of ether oxygens (including phenoxy) is 3. The van der Waals surface area contributed by atoms with Gasteiger partial charge in [0.05, 0.1) is 33.0 Å². The molecule has 0 aliphatic rings. The van der Waals surface area contributed by atoms with Crippen molar-refractivity contribution in [2.24, 2.45) is 0 Å². The van der Waals surface area contributed by atoms with Crippen LogP contribution in [0.4, 0.5) is 0 Å². The number of hydrogen-bond acceptors (Lipinski definition) is 5. The van der Waals surface area contributed by atoms with Crippen molar-refractivity contribution in [3.63, 3.8) is 0 Å². The molecule has 0 saturated heterocycles. The molecule has 1 aromatic carbocycles. The number of aromatic carboxylic acids is 1. The molecule has 0 aromatic heterocycles. The van der Waals surface area contributed by atoms with E-state index in [1.165, 1.54) is 13.2 Å². The van der Waals surface area contributed by atoms with Gasteiger partial charge < -0.3 is 24.6 Å². The number of amides is 1. The van der Waals surface area contributed by atoms with Crippen molar-refractivity contribution in [2.75, 3.05) is 34.0 Å². The molecule has 2 N–H and O–H groups in total. The maximum Gasteiger partial charge on any atom is 0.339 e. The molecule has 1 aromatic rings. The second-order valence-electron chi connectivity index (χ2n) is 4.91. The predicted molar refractivity (Wildman–Crippen MR) is 83.8 cm³/mol. The van der Waals surface area contributed by atoms with Gasteiger partial charge in [-0.1, -0.05) is 6.07 Å². The summed E-state index contributed by atoms with van der Waals surface area (Å²) in [5.41, 5.74) is 0.755. The van der Waals surface area contributed by atoms with Gasteiger partial charge in [0.15, 0.2) is 0 Å². The van der Waals surface area contributed by atoms with Crippen LogP contribution in [0.25, 0.3) is 0 Å². The van der Waals surface area contributed by atoms with Crippen LogP contribution >= 0.6 is 0 Å². The molecule has 0 unspecified atom stereocenters. The highest BCUT2D eigenvalue weighted by Crippen LogP contribution is 2.23. The summed E-state index contributed by atoms with van der Waals surface area (Å²) in [4.78, 5) is 23.0. The van der Waals surface area contributed by atoms with Crippen molar-refractivity contribution in [1.82, 2.24) is 5.32 Å². The van der Waals surface area contributed by atoms with E-state index in [0.717, 1.165) is 0 Å². The Hall–Kier alpha value is -2.12. The van der Waals surface area contributed by atoms with Crippen LogP contribution in [0, 0.1) is 0 Å². The maximum atomic E-state index is 11.8. The minimum Gasteiger partial charge on any atom is -0.496 e. The predicted octanol–water partition coefficient (Wildman–Crippen LogP) is 1.62. The summed E-state index contributed by atoms with van der Waals surface area (Å²) in [6.07, 6.45) is 0.232. The van der Waals surface area contributed by atoms with Crippen LogP contribution in [-0.4, -0.2) is 51.0 Å². The Morgan fingerprint density at radius 2 is 1.96 bits per heavy atom. The minimum absolute atomic E-state index is 0.0639. The fourth-order valence-electron chi connectivity index (χ4n) is 1.97. The third-order valence-electron chi connectivity index (χ3n) is 3.24. The zero-order chi connectivity index (χ0) is 17.2. The van der Waals surface area contributed by atoms with Crippen LogP contribution in [0.3, 0.4) is 0 Å². The molecular formula is C16H23NO6. The first-order valence-electron chi connectivity index (χ1n) is 7.26. The molecule has 0 radical (unpaired) electrons. The number of methoxy groups -OCH3 is 2. The lowest BCUT2D eigenvalue weighted by atomic mass is 10.0. The van der Waals surface area contributed by atoms with E-state index in [4.69, 9.17) is 14.2 Å². The Balaban J connectivity index is 2.57. The number of carboxylic acids is 1. The molecule has 1 atom stereocenters. The lowest BCUT2D eigenvalue weighted by Gasteiger charge is -2.16. The zero-order valence-corrected chi connectivity index (χ0v) is 13.6. The van der Waals surface area contributed by atoms with Crippen molar-refractivity contribution >= 4 is 11.9 Å². The van der Waals surface area contributed by atoms with E-state index in [1.807, 2.05) is 0 Å². The number of carbonyl (C=O) groups is 2. The molecule has 0 fully saturated rings. The third kappa shape index (κ3) is 6.25. The highest BCUT2D eigenvalue weighted by atomic mass is 16.5. The van der Waals surface area contributed by atoms with Crippen molar-refractivity contribution in [3.05, 3.63) is 29.3 Å². The summed E-state index contributed by atoms with van der Waals surface area (Å²) in [5.74, 6) is -0.956. The summed E-state index contributed by atoms with van der Waals surface area (Å²) < 4.78 is 15.1. The average molecular weight is 325 g/mol. The van der Waals surface area contributed by atoms with Crippen LogP contribution in [0.1, 0.15) is 35.3 Å². The molecule has 0 heterocycles. The van der Waals surface area contributed by atoms with E-state index in [0.29, 0.717) is 25.4 Å². The second kappa shape index (κ2) is 9.81. The van der Waals surface area contributed by atoms with Gasteiger partial charge >= 0.3 is 5.97 Å². The molecule has 0 saturated carbocycles. The first-order valence-corrected chi connectivity index (χ1v) is 7.26. The van der Waals surface area contributed by atoms with E-state index < -0.39 is 5.97 Å². The van der Waals surface area contributed by atoms with Crippen LogP contribution in [0.5, 0.6) is 5.75 Å². The summed E-state index contributed by atoms with van der Waals surface area (Å²) in [7, 11) is 2.99. The van der Waals surface area contributed by atoms with Crippen molar-refractivity contribution in [3.8, 4) is 5.75 Å². The van der Waals surface area contributed by atoms with E-state index in [-0.39, 0.29) is 29.7 Å². The molecule has 0 bridgehead atoms. The molecule has 0 spiro atoms. The van der Waals surface area contributed by atoms with Crippen LogP contribution in [-0.2, 0) is 14.3 Å². The number of nitrogens with one attached hydrogen (secondary N) is 1. The molecular weight excluding hydrogens is 302 g/mol. The Morgan fingerprint density at radius 1 is 1.22 bits per heavy atom. The molecule has 1 amide bonds. The van der Waals surface area contributed by atoms with Gasteiger partial charge in [-0.2, -0.15) is 0 Å². The average Bonchev–Trinajstić information content (AvgIpc) is 2.53. The molecule has 7 heteroatoms. The normalized spacial score (nSPS) is 11.8. The van der Waals surface area contributed by atoms with Crippen LogP contribution < -0.4 is 10.1 Å². The first kappa shape index (κ1) is 18.9. The zero-order valence-electron chi connectivity index (χ0n) is 13.6. The fourth-order valence-corrected chi connectivity index (χ4v) is 1.97. The lowest BCUT2D eigenvalue weighted by Crippen LogP contribution is -2.27. The fraction of sp³-hybridized carbons (Fsp3) is 0.500. The van der Waals surface area contributed by atoms with Crippen molar-refractivity contribution < 1.29 is 28.9 Å². The Morgan fingerprint density at radius 3 is 2.57 bits per heavy atom. The number of carboxylic acid groups (broad SMARTS) is 1. The van der Waals surface area contributed by atoms with Gasteiger partial charge in [-0.15, -0.1) is 0 Å². The van der Waals surface area contributed by atoms with Gasteiger partial charge in [0.25, 0.3) is 0 Å². The summed E-state index contributed by atoms with van der Waals surface area (Å²) >= 11 is 0. The van der Waals surface area contributed by atoms with E-state index in [1.54, 1.807) is 26.2 Å². The maximum absolute atomic E-state index is 11.8. The Bertz CT molecular complexity index is 531. The molecule has 7 nitrogen and oxygen atoms in total. The first-order chi connectivity index (χ1) is 11.0.